The van der Waals surface area contributed by atoms with Crippen LogP contribution in [0.3, 0.4) is 0 Å². The second-order valence-corrected chi connectivity index (χ2v) is 5.46. The zero-order valence-corrected chi connectivity index (χ0v) is 12.5. The molecule has 0 saturated carbocycles. The van der Waals surface area contributed by atoms with Crippen LogP contribution in [0.5, 0.6) is 11.5 Å². The van der Waals surface area contributed by atoms with E-state index in [9.17, 15) is 4.79 Å². The summed E-state index contributed by atoms with van der Waals surface area (Å²) in [5.41, 5.74) is 2.26. The van der Waals surface area contributed by atoms with Crippen LogP contribution in [0.15, 0.2) is 48.5 Å². The van der Waals surface area contributed by atoms with Crippen molar-refractivity contribution in [1.82, 2.24) is 5.32 Å². The second-order valence-electron chi connectivity index (χ2n) is 5.46. The summed E-state index contributed by atoms with van der Waals surface area (Å²) in [7, 11) is 0. The van der Waals surface area contributed by atoms with E-state index < -0.39 is 0 Å². The Morgan fingerprint density at radius 1 is 1.27 bits per heavy atom. The van der Waals surface area contributed by atoms with Crippen LogP contribution in [0.2, 0.25) is 0 Å². The summed E-state index contributed by atoms with van der Waals surface area (Å²) in [5, 5.41) is 2.91. The van der Waals surface area contributed by atoms with Gasteiger partial charge in [-0.2, -0.15) is 0 Å². The molecule has 1 heterocycles. The van der Waals surface area contributed by atoms with Gasteiger partial charge in [0.15, 0.2) is 6.61 Å². The summed E-state index contributed by atoms with van der Waals surface area (Å²) in [4.78, 5) is 11.9. The average Bonchev–Trinajstić information content (AvgIpc) is 2.94. The molecule has 1 aliphatic rings. The van der Waals surface area contributed by atoms with Crippen LogP contribution >= 0.6 is 0 Å². The molecule has 1 unspecified atom stereocenters. The molecule has 0 spiro atoms. The Morgan fingerprint density at radius 2 is 2.14 bits per heavy atom. The van der Waals surface area contributed by atoms with E-state index in [0.717, 1.165) is 16.9 Å². The normalized spacial score (nSPS) is 15.8. The van der Waals surface area contributed by atoms with Crippen molar-refractivity contribution in [2.75, 3.05) is 19.8 Å². The van der Waals surface area contributed by atoms with Crippen LogP contribution in [0.1, 0.15) is 17.0 Å². The predicted molar refractivity (Wildman–Crippen MR) is 84.4 cm³/mol. The molecule has 1 atom stereocenters. The van der Waals surface area contributed by atoms with Gasteiger partial charge in [0.2, 0.25) is 0 Å². The minimum atomic E-state index is -0.120. The highest BCUT2D eigenvalue weighted by molar-refractivity contribution is 5.77. The van der Waals surface area contributed by atoms with E-state index in [1.807, 2.05) is 55.5 Å². The molecule has 0 bridgehead atoms. The number of hydrogen-bond acceptors (Lipinski definition) is 3. The van der Waals surface area contributed by atoms with Crippen molar-refractivity contribution >= 4 is 5.91 Å². The fourth-order valence-corrected chi connectivity index (χ4v) is 2.54. The van der Waals surface area contributed by atoms with Gasteiger partial charge < -0.3 is 14.8 Å². The Kier molecular flexibility index (Phi) is 4.28. The van der Waals surface area contributed by atoms with Gasteiger partial charge in [0.1, 0.15) is 11.5 Å². The molecule has 0 saturated heterocycles. The molecule has 22 heavy (non-hydrogen) atoms. The molecule has 1 aliphatic heterocycles. The molecule has 3 rings (SSSR count). The number of hydrogen-bond donors (Lipinski definition) is 1. The molecular formula is C18H19NO3. The maximum absolute atomic E-state index is 11.9. The standard InChI is InChI=1S/C18H19NO3/c1-13-5-4-6-15(9-13)21-12-18(20)19-10-14-11-22-17-8-3-2-7-16(14)17/h2-9,14H,10-12H2,1H3,(H,19,20). The average molecular weight is 297 g/mol. The summed E-state index contributed by atoms with van der Waals surface area (Å²) in [6.07, 6.45) is 0. The van der Waals surface area contributed by atoms with Crippen LogP contribution in [0.4, 0.5) is 0 Å². The molecule has 0 aromatic heterocycles. The summed E-state index contributed by atoms with van der Waals surface area (Å²) >= 11 is 0. The lowest BCUT2D eigenvalue weighted by atomic mass is 10.0. The summed E-state index contributed by atoms with van der Waals surface area (Å²) in [5.74, 6) is 1.72. The second kappa shape index (κ2) is 6.52. The van der Waals surface area contributed by atoms with Gasteiger partial charge in [0, 0.05) is 18.0 Å². The molecule has 2 aromatic carbocycles. The van der Waals surface area contributed by atoms with Crippen molar-refractivity contribution in [3.8, 4) is 11.5 Å². The lowest BCUT2D eigenvalue weighted by Gasteiger charge is -2.11. The summed E-state index contributed by atoms with van der Waals surface area (Å²) < 4.78 is 11.1. The van der Waals surface area contributed by atoms with Crippen LogP contribution in [0, 0.1) is 6.92 Å². The van der Waals surface area contributed by atoms with E-state index >= 15 is 0 Å². The molecule has 1 N–H and O–H groups in total. The van der Waals surface area contributed by atoms with Gasteiger partial charge in [0.05, 0.1) is 6.61 Å². The fraction of sp³-hybridized carbons (Fsp3) is 0.278. The Labute approximate surface area is 130 Å². The zero-order chi connectivity index (χ0) is 15.4. The number of carbonyl (C=O) groups excluding carboxylic acids is 1. The quantitative estimate of drug-likeness (QED) is 0.923. The van der Waals surface area contributed by atoms with Crippen LogP contribution < -0.4 is 14.8 Å². The third-order valence-electron chi connectivity index (χ3n) is 3.70. The third-order valence-corrected chi connectivity index (χ3v) is 3.70. The zero-order valence-electron chi connectivity index (χ0n) is 12.5. The number of para-hydroxylation sites is 1. The molecule has 0 fully saturated rings. The van der Waals surface area contributed by atoms with Gasteiger partial charge in [-0.15, -0.1) is 0 Å². The van der Waals surface area contributed by atoms with E-state index in [4.69, 9.17) is 9.47 Å². The smallest absolute Gasteiger partial charge is 0.257 e. The Morgan fingerprint density at radius 3 is 3.00 bits per heavy atom. The van der Waals surface area contributed by atoms with Crippen molar-refractivity contribution in [2.24, 2.45) is 0 Å². The molecule has 1 amide bonds. The number of rotatable bonds is 5. The number of amides is 1. The van der Waals surface area contributed by atoms with E-state index in [-0.39, 0.29) is 18.4 Å². The van der Waals surface area contributed by atoms with E-state index in [2.05, 4.69) is 5.32 Å². The van der Waals surface area contributed by atoms with Crippen LogP contribution in [0.25, 0.3) is 0 Å². The largest absolute Gasteiger partial charge is 0.493 e. The van der Waals surface area contributed by atoms with Gasteiger partial charge in [-0.05, 0) is 30.7 Å². The molecular weight excluding hydrogens is 278 g/mol. The molecule has 0 radical (unpaired) electrons. The maximum atomic E-state index is 11.9. The van der Waals surface area contributed by atoms with Gasteiger partial charge in [-0.25, -0.2) is 0 Å². The molecule has 2 aromatic rings. The first kappa shape index (κ1) is 14.4. The number of benzene rings is 2. The minimum absolute atomic E-state index is 0.0265. The van der Waals surface area contributed by atoms with Crippen LogP contribution in [-0.4, -0.2) is 25.7 Å². The predicted octanol–water partition coefficient (Wildman–Crippen LogP) is 2.67. The van der Waals surface area contributed by atoms with Gasteiger partial charge in [0.25, 0.3) is 5.91 Å². The minimum Gasteiger partial charge on any atom is -0.493 e. The summed E-state index contributed by atoms with van der Waals surface area (Å²) in [6, 6.07) is 15.6. The van der Waals surface area contributed by atoms with E-state index in [1.165, 1.54) is 0 Å². The first-order valence-electron chi connectivity index (χ1n) is 7.40. The number of aryl methyl sites for hydroxylation is 1. The maximum Gasteiger partial charge on any atom is 0.257 e. The Balaban J connectivity index is 1.47. The van der Waals surface area contributed by atoms with Crippen molar-refractivity contribution in [3.63, 3.8) is 0 Å². The molecule has 4 nitrogen and oxygen atoms in total. The Hall–Kier alpha value is -2.49. The topological polar surface area (TPSA) is 47.6 Å². The molecule has 0 aliphatic carbocycles. The van der Waals surface area contributed by atoms with Crippen molar-refractivity contribution in [2.45, 2.75) is 12.8 Å². The fourth-order valence-electron chi connectivity index (χ4n) is 2.54. The third kappa shape index (κ3) is 3.39. The molecule has 114 valence electrons. The van der Waals surface area contributed by atoms with E-state index in [1.54, 1.807) is 0 Å². The SMILES string of the molecule is Cc1cccc(OCC(=O)NCC2COc3ccccc32)c1. The lowest BCUT2D eigenvalue weighted by molar-refractivity contribution is -0.123. The molecule has 4 heteroatoms. The number of carbonyl (C=O) groups is 1. The highest BCUT2D eigenvalue weighted by Gasteiger charge is 2.23. The Bertz CT molecular complexity index is 669. The van der Waals surface area contributed by atoms with Crippen molar-refractivity contribution in [3.05, 3.63) is 59.7 Å². The number of fused-ring (bicyclic) bond motifs is 1. The number of ether oxygens (including phenoxy) is 2. The first-order chi connectivity index (χ1) is 10.7. The van der Waals surface area contributed by atoms with Gasteiger partial charge in [-0.1, -0.05) is 30.3 Å². The van der Waals surface area contributed by atoms with Crippen molar-refractivity contribution in [1.29, 1.82) is 0 Å². The monoisotopic (exact) mass is 297 g/mol. The highest BCUT2D eigenvalue weighted by atomic mass is 16.5. The van der Waals surface area contributed by atoms with Gasteiger partial charge >= 0.3 is 0 Å². The summed E-state index contributed by atoms with van der Waals surface area (Å²) in [6.45, 7) is 3.19. The van der Waals surface area contributed by atoms with E-state index in [0.29, 0.717) is 18.9 Å². The highest BCUT2D eigenvalue weighted by Crippen LogP contribution is 2.32. The first-order valence-corrected chi connectivity index (χ1v) is 7.40. The van der Waals surface area contributed by atoms with Crippen LogP contribution in [-0.2, 0) is 4.79 Å². The number of nitrogens with one attached hydrogen (secondary N) is 1. The lowest BCUT2D eigenvalue weighted by Crippen LogP contribution is -2.32. The van der Waals surface area contributed by atoms with Crippen molar-refractivity contribution < 1.29 is 14.3 Å². The van der Waals surface area contributed by atoms with Gasteiger partial charge in [-0.3, -0.25) is 4.79 Å².